The van der Waals surface area contributed by atoms with Crippen LogP contribution in [0.1, 0.15) is 6.92 Å². The van der Waals surface area contributed by atoms with E-state index in [1.54, 1.807) is 6.64 Å². The van der Waals surface area contributed by atoms with E-state index in [1.165, 1.54) is 5.75 Å². The molecule has 2 rings (SSSR count). The Bertz CT molecular complexity index is 374. The molecule has 0 aliphatic carbocycles. The molecule has 0 spiro atoms. The molecule has 0 heterocycles. The van der Waals surface area contributed by atoms with E-state index in [9.17, 15) is 0 Å². The van der Waals surface area contributed by atoms with Crippen LogP contribution < -0.4 is 6.64 Å². The van der Waals surface area contributed by atoms with Crippen molar-refractivity contribution in [3.63, 3.8) is 0 Å². The van der Waals surface area contributed by atoms with Crippen LogP contribution >= 0.6 is 8.59 Å². The van der Waals surface area contributed by atoms with Gasteiger partial charge in [0.25, 0.3) is 0 Å². The van der Waals surface area contributed by atoms with Crippen molar-refractivity contribution < 1.29 is 0 Å². The van der Waals surface area contributed by atoms with Gasteiger partial charge >= 0.3 is 109 Å². The van der Waals surface area contributed by atoms with Gasteiger partial charge in [-0.05, 0) is 0 Å². The van der Waals surface area contributed by atoms with E-state index < -0.39 is 20.0 Å². The third-order valence-corrected chi connectivity index (χ3v) is 18.2. The molecule has 16 heavy (non-hydrogen) atoms. The number of benzene rings is 2. The topological polar surface area (TPSA) is 0 Å². The molecule has 0 nitrogen and oxygen atoms in total. The fourth-order valence-corrected chi connectivity index (χ4v) is 15.1. The van der Waals surface area contributed by atoms with Crippen molar-refractivity contribution in [2.75, 3.05) is 5.75 Å². The summed E-state index contributed by atoms with van der Waals surface area (Å²) in [5, 5.41) is 0. The molecule has 2 aromatic rings. The molecule has 2 heteroatoms. The summed E-state index contributed by atoms with van der Waals surface area (Å²) in [7, 11) is 2.19. The van der Waals surface area contributed by atoms with E-state index in [-0.39, 0.29) is 0 Å². The first-order valence-electron chi connectivity index (χ1n) is 5.63. The van der Waals surface area contributed by atoms with Crippen LogP contribution in [0.25, 0.3) is 0 Å². The van der Waals surface area contributed by atoms with Gasteiger partial charge in [-0.15, -0.1) is 0 Å². The fourth-order valence-electron chi connectivity index (χ4n) is 1.81. The van der Waals surface area contributed by atoms with Gasteiger partial charge in [0, 0.05) is 0 Å². The Morgan fingerprint density at radius 2 is 1.25 bits per heavy atom. The zero-order valence-corrected chi connectivity index (χ0v) is 13.6. The first-order valence-corrected chi connectivity index (χ1v) is 14.0. The summed E-state index contributed by atoms with van der Waals surface area (Å²) in [6, 6.07) is 22.1. The number of rotatable bonds is 4. The first kappa shape index (κ1) is 12.1. The molecular formula is C14H15InS. The summed E-state index contributed by atoms with van der Waals surface area (Å²) in [6.07, 6.45) is 0. The Morgan fingerprint density at radius 1 is 0.812 bits per heavy atom. The van der Waals surface area contributed by atoms with Crippen molar-refractivity contribution in [1.82, 2.24) is 0 Å². The van der Waals surface area contributed by atoms with E-state index in [2.05, 4.69) is 76.2 Å². The standard InChI is InChI=1S/2C6H5.C2H6S.In/c2*1-2-4-6-5-3-1;1-2-3;/h2*1-5H;3H,2H2,1H3;/q;;;+1/p-1. The Morgan fingerprint density at radius 3 is 1.62 bits per heavy atom. The van der Waals surface area contributed by atoms with Gasteiger partial charge in [0.1, 0.15) is 0 Å². The minimum absolute atomic E-state index is 1.23. The molecule has 0 aliphatic rings. The average Bonchev–Trinajstić information content (AvgIpc) is 2.38. The summed E-state index contributed by atoms with van der Waals surface area (Å²) in [5.74, 6) is 1.23. The molecule has 0 radical (unpaired) electrons. The summed E-state index contributed by atoms with van der Waals surface area (Å²) >= 11 is -1.80. The van der Waals surface area contributed by atoms with Crippen LogP contribution in [-0.4, -0.2) is 25.7 Å². The molecule has 0 aromatic heterocycles. The Kier molecular flexibility index (Phi) is 4.86. The van der Waals surface area contributed by atoms with Crippen molar-refractivity contribution in [2.24, 2.45) is 0 Å². The van der Waals surface area contributed by atoms with Gasteiger partial charge in [0.15, 0.2) is 0 Å². The van der Waals surface area contributed by atoms with Gasteiger partial charge in [-0.2, -0.15) is 0 Å². The quantitative estimate of drug-likeness (QED) is 0.830. The average molecular weight is 330 g/mol. The summed E-state index contributed by atoms with van der Waals surface area (Å²) in [6.45, 7) is 2.26. The molecule has 0 aliphatic heterocycles. The predicted octanol–water partition coefficient (Wildman–Crippen LogP) is 2.55. The van der Waals surface area contributed by atoms with Gasteiger partial charge in [-0.1, -0.05) is 0 Å². The Labute approximate surface area is 108 Å². The van der Waals surface area contributed by atoms with Crippen molar-refractivity contribution >= 4 is 35.2 Å². The molecule has 80 valence electrons. The fraction of sp³-hybridized carbons (Fsp3) is 0.143. The second kappa shape index (κ2) is 6.41. The van der Waals surface area contributed by atoms with Crippen LogP contribution in [0.5, 0.6) is 0 Å². The first-order chi connectivity index (χ1) is 7.92. The number of hydrogen-bond donors (Lipinski definition) is 0. The van der Waals surface area contributed by atoms with E-state index in [0.29, 0.717) is 0 Å². The zero-order chi connectivity index (χ0) is 11.2. The molecule has 0 unspecified atom stereocenters. The van der Waals surface area contributed by atoms with Crippen molar-refractivity contribution in [3.05, 3.63) is 60.7 Å². The van der Waals surface area contributed by atoms with Crippen LogP contribution in [0.3, 0.4) is 0 Å². The van der Waals surface area contributed by atoms with E-state index in [4.69, 9.17) is 0 Å². The van der Waals surface area contributed by atoms with E-state index in [0.717, 1.165) is 0 Å². The van der Waals surface area contributed by atoms with Crippen LogP contribution in [0, 0.1) is 0 Å². The van der Waals surface area contributed by atoms with Gasteiger partial charge in [0.2, 0.25) is 0 Å². The third kappa shape index (κ3) is 3.08. The molecule has 0 atom stereocenters. The maximum atomic E-state index is 2.30. The second-order valence-corrected chi connectivity index (χ2v) is 16.6. The second-order valence-electron chi connectivity index (χ2n) is 3.66. The van der Waals surface area contributed by atoms with Crippen molar-refractivity contribution in [3.8, 4) is 0 Å². The molecule has 0 N–H and O–H groups in total. The van der Waals surface area contributed by atoms with Crippen LogP contribution in [0.2, 0.25) is 0 Å². The van der Waals surface area contributed by atoms with Crippen LogP contribution in [-0.2, 0) is 0 Å². The van der Waals surface area contributed by atoms with E-state index >= 15 is 0 Å². The van der Waals surface area contributed by atoms with Crippen molar-refractivity contribution in [2.45, 2.75) is 6.92 Å². The molecule has 0 bridgehead atoms. The minimum atomic E-state index is -1.80. The molecule has 2 aromatic carbocycles. The Balaban J connectivity index is 2.31. The van der Waals surface area contributed by atoms with E-state index in [1.807, 2.05) is 0 Å². The monoisotopic (exact) mass is 330 g/mol. The summed E-state index contributed by atoms with van der Waals surface area (Å²) < 4.78 is 3.20. The van der Waals surface area contributed by atoms with Crippen LogP contribution in [0.4, 0.5) is 0 Å². The van der Waals surface area contributed by atoms with Gasteiger partial charge in [0.05, 0.1) is 0 Å². The molecule has 0 fully saturated rings. The Hall–Kier alpha value is -0.340. The van der Waals surface area contributed by atoms with Crippen molar-refractivity contribution in [1.29, 1.82) is 0 Å². The van der Waals surface area contributed by atoms with Gasteiger partial charge in [-0.25, -0.2) is 0 Å². The summed E-state index contributed by atoms with van der Waals surface area (Å²) in [4.78, 5) is 0. The normalized spacial score (nSPS) is 10.1. The summed E-state index contributed by atoms with van der Waals surface area (Å²) in [5.41, 5.74) is 0. The van der Waals surface area contributed by atoms with Crippen LogP contribution in [0.15, 0.2) is 60.7 Å². The van der Waals surface area contributed by atoms with Gasteiger partial charge < -0.3 is 0 Å². The third-order valence-electron chi connectivity index (χ3n) is 2.54. The maximum absolute atomic E-state index is 2.30. The molecule has 0 amide bonds. The predicted molar refractivity (Wildman–Crippen MR) is 76.0 cm³/mol. The zero-order valence-electron chi connectivity index (χ0n) is 9.47. The number of hydrogen-bond acceptors (Lipinski definition) is 1. The molecule has 0 saturated heterocycles. The molecule has 0 saturated carbocycles. The van der Waals surface area contributed by atoms with Gasteiger partial charge in [-0.3, -0.25) is 0 Å². The molecular weight excluding hydrogens is 315 g/mol. The SMILES string of the molecule is CC[S][In]([c]1ccccc1)[c]1ccccc1.